The van der Waals surface area contributed by atoms with Gasteiger partial charge in [-0.05, 0) is 38.0 Å². The number of rotatable bonds is 9. The van der Waals surface area contributed by atoms with Crippen LogP contribution in [0.3, 0.4) is 0 Å². The van der Waals surface area contributed by atoms with E-state index in [4.69, 9.17) is 5.21 Å². The fourth-order valence-electron chi connectivity index (χ4n) is 3.26. The maximum Gasteiger partial charge on any atom is 0.278 e. The number of hydrogen-bond donors (Lipinski definition) is 3. The number of likely N-dealkylation sites (tertiary alicyclic amines) is 1. The molecular weight excluding hydrogens is 329 g/mol. The zero-order valence-electron chi connectivity index (χ0n) is 14.7. The Morgan fingerprint density at radius 3 is 2.60 bits per heavy atom. The largest absolute Gasteiger partial charge is 0.354 e. The Kier molecular flexibility index (Phi) is 7.16. The monoisotopic (exact) mass is 357 g/mol. The van der Waals surface area contributed by atoms with Crippen LogP contribution in [-0.4, -0.2) is 53.1 Å². The summed E-state index contributed by atoms with van der Waals surface area (Å²) >= 11 is 0. The molecule has 8 heteroatoms. The molecule has 25 heavy (non-hydrogen) atoms. The third kappa shape index (κ3) is 5.14. The highest BCUT2D eigenvalue weighted by molar-refractivity contribution is 5.92. The molecule has 2 fully saturated rings. The van der Waals surface area contributed by atoms with Crippen LogP contribution in [0, 0.1) is 11.8 Å². The summed E-state index contributed by atoms with van der Waals surface area (Å²) in [6, 6.07) is -0.597. The molecular formula is C17H28FN3O4. The molecule has 3 amide bonds. The first-order chi connectivity index (χ1) is 12.0. The predicted molar refractivity (Wildman–Crippen MR) is 88.3 cm³/mol. The Labute approximate surface area is 147 Å². The number of nitrogens with one attached hydrogen (secondary N) is 2. The van der Waals surface area contributed by atoms with Crippen molar-refractivity contribution in [2.75, 3.05) is 13.1 Å². The number of alkyl halides is 1. The Balaban J connectivity index is 2.03. The van der Waals surface area contributed by atoms with Crippen molar-refractivity contribution in [3.8, 4) is 0 Å². The van der Waals surface area contributed by atoms with Crippen molar-refractivity contribution in [2.24, 2.45) is 11.8 Å². The molecule has 0 bridgehead atoms. The molecule has 1 aliphatic carbocycles. The van der Waals surface area contributed by atoms with Gasteiger partial charge in [0.2, 0.25) is 11.8 Å². The average molecular weight is 357 g/mol. The minimum absolute atomic E-state index is 0.200. The lowest BCUT2D eigenvalue weighted by molar-refractivity contribution is -0.149. The first-order valence-electron chi connectivity index (χ1n) is 9.15. The third-order valence-electron chi connectivity index (χ3n) is 5.00. The highest BCUT2D eigenvalue weighted by Crippen LogP contribution is 2.28. The van der Waals surface area contributed by atoms with Crippen molar-refractivity contribution in [1.29, 1.82) is 0 Å². The average Bonchev–Trinajstić information content (AvgIpc) is 3.32. The van der Waals surface area contributed by atoms with Crippen LogP contribution in [0.4, 0.5) is 4.39 Å². The lowest BCUT2D eigenvalue weighted by Gasteiger charge is -2.29. The van der Waals surface area contributed by atoms with Gasteiger partial charge in [0.25, 0.3) is 5.91 Å². The second-order valence-electron chi connectivity index (χ2n) is 7.00. The fraction of sp³-hybridized carbons (Fsp3) is 0.824. The van der Waals surface area contributed by atoms with Gasteiger partial charge in [0.05, 0.1) is 5.92 Å². The maximum absolute atomic E-state index is 14.4. The normalized spacial score (nSPS) is 22.4. The number of hydroxylamine groups is 1. The second-order valence-corrected chi connectivity index (χ2v) is 7.00. The number of halogens is 1. The highest BCUT2D eigenvalue weighted by atomic mass is 19.1. The van der Waals surface area contributed by atoms with Crippen LogP contribution < -0.4 is 10.8 Å². The van der Waals surface area contributed by atoms with Gasteiger partial charge in [0.1, 0.15) is 6.04 Å². The van der Waals surface area contributed by atoms with Crippen LogP contribution in [0.15, 0.2) is 0 Å². The molecule has 142 valence electrons. The van der Waals surface area contributed by atoms with Crippen molar-refractivity contribution >= 4 is 17.7 Å². The first-order valence-corrected chi connectivity index (χ1v) is 9.15. The molecule has 2 rings (SSSR count). The standard InChI is InChI=1S/C17H28FN3O4/c1-2-3-5-12(14(18)16(23)20-25)17(24)21-9-4-6-13(21)15(22)19-10-11-7-8-11/h11-14,25H,2-10H2,1H3,(H,19,22)(H,20,23)/t12-,13?,14-/m1/s1. The Hall–Kier alpha value is -1.70. The van der Waals surface area contributed by atoms with Gasteiger partial charge in [-0.2, -0.15) is 0 Å². The molecule has 0 spiro atoms. The summed E-state index contributed by atoms with van der Waals surface area (Å²) in [6.45, 7) is 2.91. The quantitative estimate of drug-likeness (QED) is 0.426. The number of unbranched alkanes of at least 4 members (excludes halogenated alkanes) is 1. The minimum atomic E-state index is -2.13. The van der Waals surface area contributed by atoms with Crippen molar-refractivity contribution in [3.05, 3.63) is 0 Å². The summed E-state index contributed by atoms with van der Waals surface area (Å²) in [4.78, 5) is 38.0. The van der Waals surface area contributed by atoms with E-state index >= 15 is 0 Å². The van der Waals surface area contributed by atoms with E-state index in [0.29, 0.717) is 38.3 Å². The van der Waals surface area contributed by atoms with Gasteiger partial charge in [-0.3, -0.25) is 19.6 Å². The van der Waals surface area contributed by atoms with Gasteiger partial charge < -0.3 is 10.2 Å². The molecule has 1 unspecified atom stereocenters. The molecule has 2 aliphatic rings. The van der Waals surface area contributed by atoms with E-state index in [1.807, 2.05) is 6.92 Å². The second kappa shape index (κ2) is 9.12. The van der Waals surface area contributed by atoms with E-state index in [1.54, 1.807) is 0 Å². The van der Waals surface area contributed by atoms with E-state index in [0.717, 1.165) is 19.3 Å². The summed E-state index contributed by atoms with van der Waals surface area (Å²) in [6.07, 6.45) is 2.88. The van der Waals surface area contributed by atoms with Crippen molar-refractivity contribution < 1.29 is 24.0 Å². The fourth-order valence-corrected chi connectivity index (χ4v) is 3.26. The van der Waals surface area contributed by atoms with Gasteiger partial charge in [0, 0.05) is 13.1 Å². The number of carbonyl (C=O) groups excluding carboxylic acids is 3. The number of amides is 3. The van der Waals surface area contributed by atoms with Crippen molar-refractivity contribution in [1.82, 2.24) is 15.7 Å². The highest BCUT2D eigenvalue weighted by Gasteiger charge is 2.41. The summed E-state index contributed by atoms with van der Waals surface area (Å²) in [5, 5.41) is 11.5. The van der Waals surface area contributed by atoms with E-state index in [9.17, 15) is 18.8 Å². The molecule has 0 radical (unpaired) electrons. The topological polar surface area (TPSA) is 98.7 Å². The van der Waals surface area contributed by atoms with Gasteiger partial charge in [0.15, 0.2) is 6.17 Å². The van der Waals surface area contributed by atoms with Gasteiger partial charge in [-0.1, -0.05) is 19.8 Å². The van der Waals surface area contributed by atoms with Crippen LogP contribution in [0.25, 0.3) is 0 Å². The zero-order chi connectivity index (χ0) is 18.4. The molecule has 1 saturated heterocycles. The summed E-state index contributed by atoms with van der Waals surface area (Å²) in [5.74, 6) is -2.58. The van der Waals surface area contributed by atoms with E-state index in [1.165, 1.54) is 10.4 Å². The molecule has 1 heterocycles. The Morgan fingerprint density at radius 1 is 1.28 bits per heavy atom. The molecule has 3 N–H and O–H groups in total. The number of hydrogen-bond acceptors (Lipinski definition) is 4. The lowest BCUT2D eigenvalue weighted by Crippen LogP contribution is -2.51. The molecule has 1 saturated carbocycles. The predicted octanol–water partition coefficient (Wildman–Crippen LogP) is 1.15. The summed E-state index contributed by atoms with van der Waals surface area (Å²) < 4.78 is 14.4. The maximum atomic E-state index is 14.4. The Morgan fingerprint density at radius 2 is 2.00 bits per heavy atom. The van der Waals surface area contributed by atoms with Crippen LogP contribution in [-0.2, 0) is 14.4 Å². The lowest BCUT2D eigenvalue weighted by atomic mass is 9.94. The molecule has 7 nitrogen and oxygen atoms in total. The third-order valence-corrected chi connectivity index (χ3v) is 5.00. The van der Waals surface area contributed by atoms with Gasteiger partial charge >= 0.3 is 0 Å². The van der Waals surface area contributed by atoms with Crippen LogP contribution in [0.1, 0.15) is 51.9 Å². The summed E-state index contributed by atoms with van der Waals surface area (Å²) in [5.41, 5.74) is 1.28. The van der Waals surface area contributed by atoms with Gasteiger partial charge in [-0.15, -0.1) is 0 Å². The molecule has 1 aliphatic heterocycles. The van der Waals surface area contributed by atoms with Crippen LogP contribution in [0.2, 0.25) is 0 Å². The van der Waals surface area contributed by atoms with E-state index in [-0.39, 0.29) is 12.3 Å². The molecule has 0 aromatic rings. The van der Waals surface area contributed by atoms with Crippen LogP contribution >= 0.6 is 0 Å². The zero-order valence-corrected chi connectivity index (χ0v) is 14.7. The molecule has 0 aromatic carbocycles. The van der Waals surface area contributed by atoms with Crippen molar-refractivity contribution in [3.63, 3.8) is 0 Å². The van der Waals surface area contributed by atoms with E-state index < -0.39 is 29.9 Å². The minimum Gasteiger partial charge on any atom is -0.354 e. The number of carbonyl (C=O) groups is 3. The Bertz CT molecular complexity index is 498. The summed E-state index contributed by atoms with van der Waals surface area (Å²) in [7, 11) is 0. The van der Waals surface area contributed by atoms with E-state index in [2.05, 4.69) is 5.32 Å². The SMILES string of the molecule is CCCC[C@@H](C(=O)N1CCCC1C(=O)NCC1CC1)[C@@H](F)C(=O)NO. The smallest absolute Gasteiger partial charge is 0.278 e. The number of nitrogens with zero attached hydrogens (tertiary/aromatic N) is 1. The van der Waals surface area contributed by atoms with Crippen LogP contribution in [0.5, 0.6) is 0 Å². The molecule has 0 aromatic heterocycles. The molecule has 3 atom stereocenters. The van der Waals surface area contributed by atoms with Gasteiger partial charge in [-0.25, -0.2) is 9.87 Å². The van der Waals surface area contributed by atoms with Crippen molar-refractivity contribution in [2.45, 2.75) is 64.1 Å². The first kappa shape index (κ1) is 19.6.